The van der Waals surface area contributed by atoms with Crippen LogP contribution in [0.4, 0.5) is 0 Å². The van der Waals surface area contributed by atoms with Gasteiger partial charge in [-0.1, -0.05) is 24.3 Å². The molecular weight excluding hydrogens is 264 g/mol. The fraction of sp³-hybridized carbons (Fsp3) is 0.235. The lowest BCUT2D eigenvalue weighted by atomic mass is 9.94. The molecule has 3 rings (SSSR count). The van der Waals surface area contributed by atoms with Crippen LogP contribution in [0.5, 0.6) is 0 Å². The van der Waals surface area contributed by atoms with Gasteiger partial charge < -0.3 is 0 Å². The topological polar surface area (TPSA) is 61.2 Å². The number of rotatable bonds is 4. The van der Waals surface area contributed by atoms with E-state index in [0.717, 1.165) is 10.8 Å². The second-order valence-electron chi connectivity index (χ2n) is 5.09. The van der Waals surface area contributed by atoms with Crippen molar-refractivity contribution in [1.82, 2.24) is 4.90 Å². The average molecular weight is 278 g/mol. The lowest BCUT2D eigenvalue weighted by molar-refractivity contribution is 0.0608. The molecule has 2 aromatic rings. The number of imide groups is 1. The molecule has 1 aliphatic rings. The van der Waals surface area contributed by atoms with Crippen LogP contribution in [-0.4, -0.2) is 23.3 Å². The number of carbonyl (C=O) groups is 2. The molecule has 0 N–H and O–H groups in total. The first-order valence-electron chi connectivity index (χ1n) is 6.99. The van der Waals surface area contributed by atoms with Crippen molar-refractivity contribution in [3.05, 3.63) is 47.5 Å². The minimum absolute atomic E-state index is 0.235. The Kier molecular flexibility index (Phi) is 3.41. The Morgan fingerprint density at radius 2 is 1.57 bits per heavy atom. The van der Waals surface area contributed by atoms with Crippen LogP contribution < -0.4 is 0 Å². The highest BCUT2D eigenvalue weighted by molar-refractivity contribution is 6.25. The fourth-order valence-electron chi connectivity index (χ4n) is 2.76. The van der Waals surface area contributed by atoms with E-state index < -0.39 is 0 Å². The third-order valence-corrected chi connectivity index (χ3v) is 3.78. The molecule has 21 heavy (non-hydrogen) atoms. The molecule has 0 saturated carbocycles. The lowest BCUT2D eigenvalue weighted by Crippen LogP contribution is -2.40. The molecule has 0 spiro atoms. The molecule has 0 radical (unpaired) electrons. The second kappa shape index (κ2) is 5.37. The maximum absolute atomic E-state index is 12.5. The first kappa shape index (κ1) is 13.3. The van der Waals surface area contributed by atoms with Crippen molar-refractivity contribution < 1.29 is 9.59 Å². The van der Waals surface area contributed by atoms with Crippen LogP contribution >= 0.6 is 0 Å². The summed E-state index contributed by atoms with van der Waals surface area (Å²) >= 11 is 0. The average Bonchev–Trinajstić information content (AvgIpc) is 2.51. The highest BCUT2D eigenvalue weighted by Gasteiger charge is 2.31. The van der Waals surface area contributed by atoms with Gasteiger partial charge in [0.1, 0.15) is 0 Å². The quantitative estimate of drug-likeness (QED) is 0.637. The van der Waals surface area contributed by atoms with E-state index in [1.54, 1.807) is 12.1 Å². The third-order valence-electron chi connectivity index (χ3n) is 3.78. The molecule has 4 nitrogen and oxygen atoms in total. The molecular formula is C17H14N2O2. The summed E-state index contributed by atoms with van der Waals surface area (Å²) < 4.78 is 0. The molecule has 104 valence electrons. The summed E-state index contributed by atoms with van der Waals surface area (Å²) in [5.41, 5.74) is 1.17. The van der Waals surface area contributed by atoms with Crippen LogP contribution in [0.25, 0.3) is 10.8 Å². The van der Waals surface area contributed by atoms with Crippen LogP contribution in [0.1, 0.15) is 40.0 Å². The molecule has 0 fully saturated rings. The molecule has 0 atom stereocenters. The highest BCUT2D eigenvalue weighted by atomic mass is 16.2. The fourth-order valence-corrected chi connectivity index (χ4v) is 2.76. The number of benzene rings is 2. The summed E-state index contributed by atoms with van der Waals surface area (Å²) in [5.74, 6) is -0.470. The molecule has 0 saturated heterocycles. The van der Waals surface area contributed by atoms with Gasteiger partial charge in [0.15, 0.2) is 0 Å². The van der Waals surface area contributed by atoms with Gasteiger partial charge in [-0.25, -0.2) is 0 Å². The zero-order valence-electron chi connectivity index (χ0n) is 11.5. The van der Waals surface area contributed by atoms with Gasteiger partial charge in [0.25, 0.3) is 11.8 Å². The third kappa shape index (κ3) is 2.17. The van der Waals surface area contributed by atoms with Gasteiger partial charge in [0, 0.05) is 29.5 Å². The van der Waals surface area contributed by atoms with Crippen LogP contribution in [0, 0.1) is 11.3 Å². The smallest absolute Gasteiger partial charge is 0.261 e. The van der Waals surface area contributed by atoms with Crippen LogP contribution in [0.15, 0.2) is 36.4 Å². The predicted molar refractivity (Wildman–Crippen MR) is 78.8 cm³/mol. The predicted octanol–water partition coefficient (Wildman–Crippen LogP) is 3.13. The van der Waals surface area contributed by atoms with E-state index in [0.29, 0.717) is 36.9 Å². The Balaban J connectivity index is 1.98. The molecule has 1 heterocycles. The first-order chi connectivity index (χ1) is 10.2. The number of carbonyl (C=O) groups excluding carboxylic acids is 2. The van der Waals surface area contributed by atoms with Gasteiger partial charge in [-0.3, -0.25) is 14.5 Å². The number of hydrogen-bond donors (Lipinski definition) is 0. The Hall–Kier alpha value is -2.67. The minimum Gasteiger partial charge on any atom is -0.274 e. The number of hydrogen-bond acceptors (Lipinski definition) is 3. The zero-order valence-corrected chi connectivity index (χ0v) is 11.5. The molecule has 2 amide bonds. The van der Waals surface area contributed by atoms with Gasteiger partial charge in [-0.15, -0.1) is 0 Å². The van der Waals surface area contributed by atoms with E-state index in [9.17, 15) is 9.59 Å². The first-order valence-corrected chi connectivity index (χ1v) is 6.99. The maximum Gasteiger partial charge on any atom is 0.261 e. The number of nitrogens with zero attached hydrogens (tertiary/aromatic N) is 2. The van der Waals surface area contributed by atoms with Crippen molar-refractivity contribution in [3.8, 4) is 6.07 Å². The molecule has 2 aromatic carbocycles. The van der Waals surface area contributed by atoms with E-state index in [1.807, 2.05) is 24.3 Å². The van der Waals surface area contributed by atoms with Crippen molar-refractivity contribution in [1.29, 1.82) is 5.26 Å². The normalized spacial score (nSPS) is 13.6. The van der Waals surface area contributed by atoms with E-state index in [2.05, 4.69) is 6.07 Å². The molecule has 4 heteroatoms. The lowest BCUT2D eigenvalue weighted by Gasteiger charge is -2.27. The van der Waals surface area contributed by atoms with E-state index >= 15 is 0 Å². The van der Waals surface area contributed by atoms with Gasteiger partial charge in [0.2, 0.25) is 0 Å². The van der Waals surface area contributed by atoms with Crippen LogP contribution in [0.3, 0.4) is 0 Å². The standard InChI is InChI=1S/C17H14N2O2/c18-10-2-1-3-11-19-16(20)13-8-4-6-12-7-5-9-14(15(12)13)17(19)21/h4-9H,1-3,11H2. The van der Waals surface area contributed by atoms with Crippen molar-refractivity contribution in [2.45, 2.75) is 19.3 Å². The summed E-state index contributed by atoms with van der Waals surface area (Å²) in [6, 6.07) is 13.1. The molecule has 0 aliphatic carbocycles. The highest BCUT2D eigenvalue weighted by Crippen LogP contribution is 2.29. The van der Waals surface area contributed by atoms with Gasteiger partial charge >= 0.3 is 0 Å². The summed E-state index contributed by atoms with van der Waals surface area (Å²) in [6.45, 7) is 0.365. The number of unbranched alkanes of at least 4 members (excludes halogenated alkanes) is 2. The van der Waals surface area contributed by atoms with Crippen molar-refractivity contribution in [2.75, 3.05) is 6.54 Å². The SMILES string of the molecule is N#CCCCCN1C(=O)c2cccc3cccc(c23)C1=O. The monoisotopic (exact) mass is 278 g/mol. The Morgan fingerprint density at radius 3 is 2.14 bits per heavy atom. The molecule has 0 bridgehead atoms. The van der Waals surface area contributed by atoms with Gasteiger partial charge in [0.05, 0.1) is 6.07 Å². The van der Waals surface area contributed by atoms with Crippen molar-refractivity contribution in [3.63, 3.8) is 0 Å². The summed E-state index contributed by atoms with van der Waals surface area (Å²) in [7, 11) is 0. The number of nitriles is 1. The van der Waals surface area contributed by atoms with Crippen molar-refractivity contribution in [2.24, 2.45) is 0 Å². The van der Waals surface area contributed by atoms with Crippen LogP contribution in [-0.2, 0) is 0 Å². The van der Waals surface area contributed by atoms with Gasteiger partial charge in [-0.05, 0) is 30.4 Å². The van der Waals surface area contributed by atoms with Crippen molar-refractivity contribution >= 4 is 22.6 Å². The Bertz CT molecular complexity index is 723. The molecule has 0 aromatic heterocycles. The van der Waals surface area contributed by atoms with E-state index in [-0.39, 0.29) is 11.8 Å². The van der Waals surface area contributed by atoms with Gasteiger partial charge in [-0.2, -0.15) is 5.26 Å². The Labute approximate surface area is 122 Å². The second-order valence-corrected chi connectivity index (χ2v) is 5.09. The summed E-state index contributed by atoms with van der Waals surface area (Å²) in [6.07, 6.45) is 1.80. The Morgan fingerprint density at radius 1 is 0.952 bits per heavy atom. The summed E-state index contributed by atoms with van der Waals surface area (Å²) in [4.78, 5) is 26.3. The number of amides is 2. The minimum atomic E-state index is -0.235. The molecule has 0 unspecified atom stereocenters. The zero-order chi connectivity index (χ0) is 14.8. The van der Waals surface area contributed by atoms with E-state index in [4.69, 9.17) is 5.26 Å². The molecule has 1 aliphatic heterocycles. The summed E-state index contributed by atoms with van der Waals surface area (Å²) in [5, 5.41) is 10.2. The largest absolute Gasteiger partial charge is 0.274 e. The van der Waals surface area contributed by atoms with Crippen LogP contribution in [0.2, 0.25) is 0 Å². The van der Waals surface area contributed by atoms with E-state index in [1.165, 1.54) is 4.90 Å². The maximum atomic E-state index is 12.5.